The molecule has 0 saturated carbocycles. The molecule has 7 rings (SSSR count). The lowest BCUT2D eigenvalue weighted by Gasteiger charge is -2.46. The van der Waals surface area contributed by atoms with Gasteiger partial charge in [0.05, 0.1) is 62.6 Å². The highest BCUT2D eigenvalue weighted by atomic mass is 32.2. The third kappa shape index (κ3) is 22.1. The molecule has 28 heteroatoms. The Bertz CT molecular complexity index is 3140. The number of hydrogen-bond donors (Lipinski definition) is 14. The van der Waals surface area contributed by atoms with Crippen LogP contribution in [0.5, 0.6) is 0 Å². The van der Waals surface area contributed by atoms with Crippen molar-refractivity contribution in [3.8, 4) is 22.3 Å². The van der Waals surface area contributed by atoms with E-state index in [0.29, 0.717) is 58.1 Å². The summed E-state index contributed by atoms with van der Waals surface area (Å²) in [6.45, 7) is 1.49. The Hall–Kier alpha value is -7.84. The summed E-state index contributed by atoms with van der Waals surface area (Å²) in [6, 6.07) is 37.3. The lowest BCUT2D eigenvalue weighted by molar-refractivity contribution is -0.310. The fraction of sp³-hybridized carbons (Fsp3) is 0.441. The van der Waals surface area contributed by atoms with Crippen LogP contribution in [0.1, 0.15) is 71.4 Å². The maximum atomic E-state index is 12.9. The Morgan fingerprint density at radius 3 is 1.17 bits per heavy atom. The number of carbonyl (C=O) groups excluding carboxylic acids is 6. The Kier molecular flexibility index (Phi) is 29.1. The van der Waals surface area contributed by atoms with Crippen molar-refractivity contribution in [1.29, 1.82) is 0 Å². The quantitative estimate of drug-likeness (QED) is 0.0254. The number of amides is 6. The minimum absolute atomic E-state index is 0.0438. The molecule has 14 N–H and O–H groups in total. The Balaban J connectivity index is 0.765. The number of benzene rings is 5. The molecule has 6 amide bonds. The average Bonchev–Trinajstić information content (AvgIpc) is 0.778. The largest absolute Gasteiger partial charge is 0.477 e. The molecule has 518 valence electrons. The van der Waals surface area contributed by atoms with Gasteiger partial charge in [-0.3, -0.25) is 28.8 Å². The summed E-state index contributed by atoms with van der Waals surface area (Å²) < 4.78 is 23.2. The monoisotopic (exact) mass is 1370 g/mol. The summed E-state index contributed by atoms with van der Waals surface area (Å²) >= 11 is 2.85. The molecule has 2 heterocycles. The lowest BCUT2D eigenvalue weighted by Crippen LogP contribution is -2.68. The predicted molar refractivity (Wildman–Crippen MR) is 355 cm³/mol. The van der Waals surface area contributed by atoms with Crippen LogP contribution in [0, 0.1) is 0 Å². The second-order valence-corrected chi connectivity index (χ2v) is 25.6. The summed E-state index contributed by atoms with van der Waals surface area (Å²) in [5.41, 5.74) is 5.90. The van der Waals surface area contributed by atoms with Gasteiger partial charge in [0.25, 0.3) is 23.4 Å². The van der Waals surface area contributed by atoms with Crippen LogP contribution in [0.15, 0.2) is 133 Å². The van der Waals surface area contributed by atoms with Gasteiger partial charge in [0.15, 0.2) is 0 Å². The van der Waals surface area contributed by atoms with Crippen LogP contribution >= 0.6 is 23.5 Å². The summed E-state index contributed by atoms with van der Waals surface area (Å²) in [5.74, 6) is -9.41. The van der Waals surface area contributed by atoms with Crippen LogP contribution in [0.3, 0.4) is 0 Å². The summed E-state index contributed by atoms with van der Waals surface area (Å²) in [7, 11) is 0. The van der Waals surface area contributed by atoms with Gasteiger partial charge in [-0.15, -0.1) is 0 Å². The van der Waals surface area contributed by atoms with E-state index in [1.54, 1.807) is 24.3 Å². The molecule has 2 saturated heterocycles. The van der Waals surface area contributed by atoms with E-state index in [0.717, 1.165) is 36.1 Å². The van der Waals surface area contributed by atoms with Gasteiger partial charge < -0.3 is 91.7 Å². The molecule has 0 radical (unpaired) electrons. The Morgan fingerprint density at radius 2 is 0.833 bits per heavy atom. The highest BCUT2D eigenvalue weighted by Gasteiger charge is 2.57. The molecule has 0 aliphatic carbocycles. The number of aliphatic hydroxyl groups excluding tert-OH is 6. The number of thioether (sulfide) groups is 2. The van der Waals surface area contributed by atoms with E-state index >= 15 is 0 Å². The number of ether oxygens (including phenoxy) is 4. The normalized spacial score (nSPS) is 22.0. The molecule has 26 nitrogen and oxygen atoms in total. The van der Waals surface area contributed by atoms with Crippen LogP contribution in [-0.2, 0) is 60.6 Å². The van der Waals surface area contributed by atoms with Crippen molar-refractivity contribution >= 4 is 70.9 Å². The first-order chi connectivity index (χ1) is 46.0. The van der Waals surface area contributed by atoms with Crippen molar-refractivity contribution in [3.63, 3.8) is 0 Å². The molecule has 2 aliphatic rings. The van der Waals surface area contributed by atoms with Crippen LogP contribution in [0.2, 0.25) is 0 Å². The van der Waals surface area contributed by atoms with E-state index < -0.39 is 146 Å². The number of carboxylic acid groups (broad SMARTS) is 2. The van der Waals surface area contributed by atoms with Gasteiger partial charge in [-0.05, 0) is 82.0 Å². The molecule has 0 bridgehead atoms. The first kappa shape index (κ1) is 75.5. The highest BCUT2D eigenvalue weighted by molar-refractivity contribution is 7.99. The van der Waals surface area contributed by atoms with Gasteiger partial charge in [-0.2, -0.15) is 23.5 Å². The molecule has 5 aromatic rings. The lowest BCUT2D eigenvalue weighted by atomic mass is 9.88. The molecule has 96 heavy (non-hydrogen) atoms. The molecular formula is C68H84N6O20S2. The molecule has 0 aromatic heterocycles. The van der Waals surface area contributed by atoms with Crippen molar-refractivity contribution in [2.75, 3.05) is 62.4 Å². The van der Waals surface area contributed by atoms with E-state index in [2.05, 4.69) is 31.9 Å². The summed E-state index contributed by atoms with van der Waals surface area (Å²) in [6.07, 6.45) is -14.7. The van der Waals surface area contributed by atoms with Crippen LogP contribution in [0.25, 0.3) is 22.3 Å². The second-order valence-electron chi connectivity index (χ2n) is 23.2. The fourth-order valence-corrected chi connectivity index (χ4v) is 12.4. The number of aliphatic hydroxyl groups is 6. The van der Waals surface area contributed by atoms with Crippen molar-refractivity contribution in [2.45, 2.75) is 125 Å². The number of rotatable bonds is 36. The summed E-state index contributed by atoms with van der Waals surface area (Å²) in [5, 5.41) is 103. The van der Waals surface area contributed by atoms with E-state index in [9.17, 15) is 79.2 Å². The predicted octanol–water partition coefficient (Wildman–Crippen LogP) is 1.79. The first-order valence-corrected chi connectivity index (χ1v) is 33.7. The van der Waals surface area contributed by atoms with Crippen molar-refractivity contribution in [3.05, 3.63) is 156 Å². The fourth-order valence-electron chi connectivity index (χ4n) is 10.9. The molecule has 2 aliphatic heterocycles. The Morgan fingerprint density at radius 1 is 0.490 bits per heavy atom. The maximum Gasteiger partial charge on any atom is 0.364 e. The van der Waals surface area contributed by atoms with Gasteiger partial charge in [-0.1, -0.05) is 109 Å². The van der Waals surface area contributed by atoms with E-state index in [1.165, 1.54) is 47.8 Å². The van der Waals surface area contributed by atoms with Gasteiger partial charge >= 0.3 is 11.9 Å². The van der Waals surface area contributed by atoms with Crippen molar-refractivity contribution in [2.24, 2.45) is 0 Å². The average molecular weight is 1370 g/mol. The number of aliphatic carboxylic acids is 2. The minimum Gasteiger partial charge on any atom is -0.477 e. The Labute approximate surface area is 563 Å². The summed E-state index contributed by atoms with van der Waals surface area (Å²) in [4.78, 5) is 101. The molecule has 0 spiro atoms. The van der Waals surface area contributed by atoms with Crippen molar-refractivity contribution in [1.82, 2.24) is 31.9 Å². The SMILES string of the molecule is CC(=O)N[C@@H]1[C@@H](O)C[C@](OCCCSCCNC(=O)c2ccc(C(=O)NCCSCCCO[C@]3(C(=O)O)C[C@H](O)[C@@H](NC(C)=O)[C@H](C(O)[C@H](O)CNC(=O)Cc4ccc(-c5ccccc5)cc4)O3)cc2)(C(=O)O)O[C@H]1C(O)[C@H](O)CNC(=O)Cc1ccc(-c2ccccc2)cc1. The highest BCUT2D eigenvalue weighted by Crippen LogP contribution is 2.36. The maximum absolute atomic E-state index is 12.9. The molecule has 12 atom stereocenters. The van der Waals surface area contributed by atoms with Crippen LogP contribution in [-0.4, -0.2) is 223 Å². The first-order valence-electron chi connectivity index (χ1n) is 31.3. The number of hydrogen-bond acceptors (Lipinski definition) is 20. The molecule has 2 unspecified atom stereocenters. The van der Waals surface area contributed by atoms with Gasteiger partial charge in [0.2, 0.25) is 23.6 Å². The van der Waals surface area contributed by atoms with E-state index in [-0.39, 0.29) is 39.1 Å². The minimum atomic E-state index is -2.48. The van der Waals surface area contributed by atoms with Crippen LogP contribution < -0.4 is 31.9 Å². The van der Waals surface area contributed by atoms with Gasteiger partial charge in [0.1, 0.15) is 24.4 Å². The number of nitrogens with one attached hydrogen (secondary N) is 6. The molecular weight excluding hydrogens is 1280 g/mol. The topological polar surface area (TPSA) is 408 Å². The van der Waals surface area contributed by atoms with Crippen molar-refractivity contribution < 1.29 is 98.2 Å². The number of carbonyl (C=O) groups is 8. The molecule has 5 aromatic carbocycles. The van der Waals surface area contributed by atoms with Gasteiger partial charge in [0, 0.05) is 75.5 Å². The second kappa shape index (κ2) is 37.0. The van der Waals surface area contributed by atoms with Crippen LogP contribution in [0.4, 0.5) is 0 Å². The van der Waals surface area contributed by atoms with E-state index in [4.69, 9.17) is 18.9 Å². The third-order valence-corrected chi connectivity index (χ3v) is 18.0. The third-order valence-electron chi connectivity index (χ3n) is 15.9. The van der Waals surface area contributed by atoms with E-state index in [1.807, 2.05) is 84.9 Å². The zero-order chi connectivity index (χ0) is 69.4. The smallest absolute Gasteiger partial charge is 0.364 e. The standard InChI is InChI=1S/C68H84N6O20S2/c1-41(75)73-57-51(77)37-67(65(87)88,93-61(57)59(83)53(79)39-71-55(81)35-43-15-19-47(20-16-43)45-11-5-3-6-12-45)91-29-9-31-95-33-27-69-63(85)49-23-25-50(26-24-49)64(86)70-28-34-96-32-10-30-92-68(66(89)90)38-52(78)58(74-42(2)76)62(94-68)60(84)54(80)40-72-56(82)36-44-17-21-48(22-18-44)46-13-7-4-8-14-46/h3-8,11-26,51-54,57-62,77-80,83-84H,9-10,27-40H2,1-2H3,(H,69,85)(H,70,86)(H,71,81)(H,72,82)(H,73,75)(H,74,76)(H,87,88)(H,89,90)/t51-,52-,53+,54+,57+,58+,59?,60?,61+,62+,67+,68+/m0/s1. The zero-order valence-electron chi connectivity index (χ0n) is 53.1. The molecule has 2 fully saturated rings. The number of carboxylic acids is 2. The zero-order valence-corrected chi connectivity index (χ0v) is 54.7. The van der Waals surface area contributed by atoms with Gasteiger partial charge in [-0.25, -0.2) is 9.59 Å².